The lowest BCUT2D eigenvalue weighted by Crippen LogP contribution is -2.14. The van der Waals surface area contributed by atoms with Gasteiger partial charge in [-0.3, -0.25) is 4.79 Å². The predicted molar refractivity (Wildman–Crippen MR) is 68.8 cm³/mol. The Kier molecular flexibility index (Phi) is 3.77. The van der Waals surface area contributed by atoms with Gasteiger partial charge in [-0.15, -0.1) is 0 Å². The highest BCUT2D eigenvalue weighted by Crippen LogP contribution is 2.13. The molecule has 0 aliphatic heterocycles. The number of rotatable bonds is 4. The van der Waals surface area contributed by atoms with Gasteiger partial charge < -0.3 is 9.88 Å². The number of aromatic nitrogens is 1. The quantitative estimate of drug-likeness (QED) is 0.884. The number of anilines is 1. The summed E-state index contributed by atoms with van der Waals surface area (Å²) in [6, 6.07) is 10.1. The Hall–Kier alpha value is -2.10. The summed E-state index contributed by atoms with van der Waals surface area (Å²) in [6.07, 6.45) is 2.92. The third kappa shape index (κ3) is 2.97. The molecule has 94 valence electrons. The Balaban J connectivity index is 1.90. The molecular weight excluding hydrogens is 231 g/mol. The van der Waals surface area contributed by atoms with Crippen molar-refractivity contribution in [2.24, 2.45) is 7.05 Å². The maximum absolute atomic E-state index is 13.3. The normalized spacial score (nSPS) is 10.3. The van der Waals surface area contributed by atoms with Crippen molar-refractivity contribution in [2.75, 3.05) is 5.32 Å². The van der Waals surface area contributed by atoms with E-state index in [1.165, 1.54) is 6.07 Å². The summed E-state index contributed by atoms with van der Waals surface area (Å²) in [5.41, 5.74) is 1.31. The summed E-state index contributed by atoms with van der Waals surface area (Å²) in [6.45, 7) is 0. The van der Waals surface area contributed by atoms with E-state index in [4.69, 9.17) is 0 Å². The number of nitrogens with zero attached hydrogens (tertiary/aromatic N) is 1. The lowest BCUT2D eigenvalue weighted by atomic mass is 10.2. The van der Waals surface area contributed by atoms with Crippen molar-refractivity contribution >= 4 is 11.6 Å². The van der Waals surface area contributed by atoms with Crippen LogP contribution in [0, 0.1) is 5.82 Å². The summed E-state index contributed by atoms with van der Waals surface area (Å²) in [5, 5.41) is 2.57. The van der Waals surface area contributed by atoms with Crippen LogP contribution >= 0.6 is 0 Å². The lowest BCUT2D eigenvalue weighted by Gasteiger charge is -2.06. The smallest absolute Gasteiger partial charge is 0.224 e. The fourth-order valence-corrected chi connectivity index (χ4v) is 1.77. The van der Waals surface area contributed by atoms with Gasteiger partial charge in [0.1, 0.15) is 5.82 Å². The molecule has 1 aromatic carbocycles. The molecule has 0 atom stereocenters. The third-order valence-corrected chi connectivity index (χ3v) is 2.81. The first-order chi connectivity index (χ1) is 8.66. The van der Waals surface area contributed by atoms with E-state index >= 15 is 0 Å². The minimum Gasteiger partial charge on any atom is -0.354 e. The van der Waals surface area contributed by atoms with Crippen molar-refractivity contribution in [2.45, 2.75) is 12.8 Å². The maximum Gasteiger partial charge on any atom is 0.224 e. The van der Waals surface area contributed by atoms with Crippen molar-refractivity contribution in [3.8, 4) is 0 Å². The van der Waals surface area contributed by atoms with Crippen molar-refractivity contribution in [3.63, 3.8) is 0 Å². The minimum atomic E-state index is -0.412. The molecule has 4 heteroatoms. The number of hydrogen-bond acceptors (Lipinski definition) is 1. The highest BCUT2D eigenvalue weighted by atomic mass is 19.1. The van der Waals surface area contributed by atoms with Crippen LogP contribution in [-0.2, 0) is 18.3 Å². The average molecular weight is 246 g/mol. The van der Waals surface area contributed by atoms with Crippen LogP contribution in [0.15, 0.2) is 42.6 Å². The molecule has 1 amide bonds. The average Bonchev–Trinajstić information content (AvgIpc) is 2.75. The molecule has 2 aromatic rings. The Labute approximate surface area is 105 Å². The van der Waals surface area contributed by atoms with Crippen LogP contribution in [0.3, 0.4) is 0 Å². The third-order valence-electron chi connectivity index (χ3n) is 2.81. The van der Waals surface area contributed by atoms with Gasteiger partial charge >= 0.3 is 0 Å². The van der Waals surface area contributed by atoms with E-state index in [1.807, 2.05) is 29.9 Å². The summed E-state index contributed by atoms with van der Waals surface area (Å²) in [5.74, 6) is -0.592. The van der Waals surface area contributed by atoms with Gasteiger partial charge in [-0.05, 0) is 30.7 Å². The fourth-order valence-electron chi connectivity index (χ4n) is 1.77. The van der Waals surface area contributed by atoms with E-state index < -0.39 is 5.82 Å². The van der Waals surface area contributed by atoms with Crippen molar-refractivity contribution in [3.05, 3.63) is 54.1 Å². The predicted octanol–water partition coefficient (Wildman–Crippen LogP) is 2.74. The van der Waals surface area contributed by atoms with Crippen LogP contribution in [0.1, 0.15) is 12.1 Å². The van der Waals surface area contributed by atoms with Gasteiger partial charge in [0.2, 0.25) is 5.91 Å². The number of nitrogens with one attached hydrogen (secondary N) is 1. The number of halogens is 1. The van der Waals surface area contributed by atoms with E-state index in [0.717, 1.165) is 5.69 Å². The molecule has 3 nitrogen and oxygen atoms in total. The molecule has 0 aliphatic rings. The Bertz CT molecular complexity index is 548. The van der Waals surface area contributed by atoms with E-state index in [0.29, 0.717) is 12.8 Å². The van der Waals surface area contributed by atoms with Crippen LogP contribution in [0.2, 0.25) is 0 Å². The van der Waals surface area contributed by atoms with Gasteiger partial charge in [-0.2, -0.15) is 0 Å². The number of amides is 1. The van der Waals surface area contributed by atoms with Crippen LogP contribution in [0.25, 0.3) is 0 Å². The summed E-state index contributed by atoms with van der Waals surface area (Å²) >= 11 is 0. The molecule has 0 saturated heterocycles. The van der Waals surface area contributed by atoms with Crippen LogP contribution in [0.4, 0.5) is 10.1 Å². The molecule has 0 spiro atoms. The van der Waals surface area contributed by atoms with Gasteiger partial charge in [0.25, 0.3) is 0 Å². The molecule has 2 rings (SSSR count). The Morgan fingerprint density at radius 3 is 2.72 bits per heavy atom. The number of para-hydroxylation sites is 1. The number of carbonyl (C=O) groups is 1. The summed E-state index contributed by atoms with van der Waals surface area (Å²) < 4.78 is 15.3. The highest BCUT2D eigenvalue weighted by molar-refractivity contribution is 5.90. The van der Waals surface area contributed by atoms with Crippen molar-refractivity contribution in [1.29, 1.82) is 0 Å². The SMILES string of the molecule is Cn1cccc1CCC(=O)Nc1ccccc1F. The molecule has 0 fully saturated rings. The largest absolute Gasteiger partial charge is 0.354 e. The van der Waals surface area contributed by atoms with Gasteiger partial charge in [0.05, 0.1) is 5.69 Å². The molecule has 1 N–H and O–H groups in total. The zero-order valence-electron chi connectivity index (χ0n) is 10.2. The molecule has 0 unspecified atom stereocenters. The molecule has 1 heterocycles. The van der Waals surface area contributed by atoms with Crippen molar-refractivity contribution < 1.29 is 9.18 Å². The van der Waals surface area contributed by atoms with Crippen LogP contribution in [0.5, 0.6) is 0 Å². The molecule has 1 aromatic heterocycles. The number of aryl methyl sites for hydroxylation is 2. The Morgan fingerprint density at radius 2 is 2.06 bits per heavy atom. The fraction of sp³-hybridized carbons (Fsp3) is 0.214. The molecule has 0 radical (unpaired) electrons. The molecular formula is C14H15FN2O. The molecule has 0 saturated carbocycles. The first-order valence-corrected chi connectivity index (χ1v) is 5.81. The standard InChI is InChI=1S/C14H15FN2O/c1-17-10-4-5-11(17)8-9-14(18)16-13-7-3-2-6-12(13)15/h2-7,10H,8-9H2,1H3,(H,16,18). The van der Waals surface area contributed by atoms with Gasteiger partial charge in [0.15, 0.2) is 0 Å². The van der Waals surface area contributed by atoms with E-state index in [2.05, 4.69) is 5.32 Å². The van der Waals surface area contributed by atoms with E-state index in [-0.39, 0.29) is 11.6 Å². The monoisotopic (exact) mass is 246 g/mol. The molecule has 0 bridgehead atoms. The summed E-state index contributed by atoms with van der Waals surface area (Å²) in [4.78, 5) is 11.7. The van der Waals surface area contributed by atoms with Crippen LogP contribution in [-0.4, -0.2) is 10.5 Å². The Morgan fingerprint density at radius 1 is 1.28 bits per heavy atom. The summed E-state index contributed by atoms with van der Waals surface area (Å²) in [7, 11) is 1.93. The van der Waals surface area contributed by atoms with Gasteiger partial charge in [-0.25, -0.2) is 4.39 Å². The second kappa shape index (κ2) is 5.49. The second-order valence-corrected chi connectivity index (χ2v) is 4.14. The zero-order chi connectivity index (χ0) is 13.0. The number of carbonyl (C=O) groups excluding carboxylic acids is 1. The lowest BCUT2D eigenvalue weighted by molar-refractivity contribution is -0.116. The number of benzene rings is 1. The van der Waals surface area contributed by atoms with Gasteiger partial charge in [0, 0.05) is 25.4 Å². The van der Waals surface area contributed by atoms with Crippen LogP contribution < -0.4 is 5.32 Å². The maximum atomic E-state index is 13.3. The molecule has 18 heavy (non-hydrogen) atoms. The van der Waals surface area contributed by atoms with E-state index in [1.54, 1.807) is 18.2 Å². The second-order valence-electron chi connectivity index (χ2n) is 4.14. The zero-order valence-corrected chi connectivity index (χ0v) is 10.2. The molecule has 0 aliphatic carbocycles. The van der Waals surface area contributed by atoms with E-state index in [9.17, 15) is 9.18 Å². The van der Waals surface area contributed by atoms with Crippen molar-refractivity contribution in [1.82, 2.24) is 4.57 Å². The van der Waals surface area contributed by atoms with Gasteiger partial charge in [-0.1, -0.05) is 12.1 Å². The topological polar surface area (TPSA) is 34.0 Å². The highest BCUT2D eigenvalue weighted by Gasteiger charge is 2.07. The first-order valence-electron chi connectivity index (χ1n) is 5.81. The first kappa shape index (κ1) is 12.4. The minimum absolute atomic E-state index is 0.179. The number of hydrogen-bond donors (Lipinski definition) is 1.